The predicted octanol–water partition coefficient (Wildman–Crippen LogP) is 5.16. The Hall–Kier alpha value is -1.80. The van der Waals surface area contributed by atoms with E-state index in [2.05, 4.69) is 15.9 Å². The largest absolute Gasteiger partial charge is 0.416 e. The molecular weight excluding hydrogens is 331 g/mol. The molecule has 0 unspecified atom stereocenters. The van der Waals surface area contributed by atoms with E-state index < -0.39 is 11.7 Å². The molecular formula is C15H11BrF3N. The van der Waals surface area contributed by atoms with Crippen LogP contribution in [0.4, 0.5) is 13.2 Å². The molecule has 2 aromatic carbocycles. The van der Waals surface area contributed by atoms with Gasteiger partial charge < -0.3 is 0 Å². The van der Waals surface area contributed by atoms with Gasteiger partial charge in [-0.15, -0.1) is 0 Å². The summed E-state index contributed by atoms with van der Waals surface area (Å²) >= 11 is 3.15. The maximum absolute atomic E-state index is 12.0. The highest BCUT2D eigenvalue weighted by atomic mass is 79.9. The summed E-state index contributed by atoms with van der Waals surface area (Å²) < 4.78 is 36.0. The Morgan fingerprint density at radius 1 is 0.950 bits per heavy atom. The van der Waals surface area contributed by atoms with Crippen molar-refractivity contribution in [2.75, 3.05) is 0 Å². The van der Waals surface area contributed by atoms with E-state index in [4.69, 9.17) is 5.26 Å². The van der Waals surface area contributed by atoms with E-state index in [9.17, 15) is 13.2 Å². The molecule has 0 amide bonds. The Bertz CT molecular complexity index is 556. The minimum atomic E-state index is -4.23. The molecule has 0 spiro atoms. The van der Waals surface area contributed by atoms with Gasteiger partial charge in [-0.25, -0.2) is 0 Å². The third kappa shape index (κ3) is 5.45. The third-order valence-corrected chi connectivity index (χ3v) is 2.99. The van der Waals surface area contributed by atoms with Crippen LogP contribution in [0.15, 0.2) is 54.6 Å². The number of halogens is 4. The van der Waals surface area contributed by atoms with Crippen molar-refractivity contribution in [3.8, 4) is 6.07 Å². The van der Waals surface area contributed by atoms with Crippen molar-refractivity contribution in [1.82, 2.24) is 0 Å². The van der Waals surface area contributed by atoms with Crippen LogP contribution in [0.25, 0.3) is 0 Å². The quantitative estimate of drug-likeness (QED) is 0.657. The monoisotopic (exact) mass is 341 g/mol. The van der Waals surface area contributed by atoms with Crippen LogP contribution in [0, 0.1) is 11.3 Å². The Morgan fingerprint density at radius 2 is 1.50 bits per heavy atom. The second-order valence-electron chi connectivity index (χ2n) is 3.81. The lowest BCUT2D eigenvalue weighted by atomic mass is 10.1. The minimum Gasteiger partial charge on any atom is -0.192 e. The van der Waals surface area contributed by atoms with Gasteiger partial charge in [-0.3, -0.25) is 0 Å². The lowest BCUT2D eigenvalue weighted by molar-refractivity contribution is -0.137. The molecule has 1 nitrogen and oxygen atoms in total. The average molecular weight is 342 g/mol. The van der Waals surface area contributed by atoms with E-state index >= 15 is 0 Å². The average Bonchev–Trinajstić information content (AvgIpc) is 2.48. The summed E-state index contributed by atoms with van der Waals surface area (Å²) in [5.74, 6) is 0. The number of nitriles is 1. The summed E-state index contributed by atoms with van der Waals surface area (Å²) in [6.07, 6.45) is -4.23. The molecule has 0 atom stereocenters. The maximum atomic E-state index is 12.0. The standard InChI is InChI=1S/C8H6BrF3.C7H5N/c9-5-6-1-3-7(4-2-6)8(10,11)12;8-6-7-4-2-1-3-5-7/h1-4H,5H2;1-5H. The second-order valence-corrected chi connectivity index (χ2v) is 4.37. The van der Waals surface area contributed by atoms with E-state index in [1.807, 2.05) is 24.3 Å². The van der Waals surface area contributed by atoms with Gasteiger partial charge in [0.1, 0.15) is 0 Å². The Labute approximate surface area is 123 Å². The van der Waals surface area contributed by atoms with Crippen LogP contribution < -0.4 is 0 Å². The number of alkyl halides is 4. The van der Waals surface area contributed by atoms with Gasteiger partial charge in [-0.05, 0) is 29.8 Å². The first-order valence-electron chi connectivity index (χ1n) is 5.64. The Kier molecular flexibility index (Phi) is 6.26. The highest BCUT2D eigenvalue weighted by Gasteiger charge is 2.29. The molecule has 0 N–H and O–H groups in total. The zero-order chi connectivity index (χ0) is 15.0. The van der Waals surface area contributed by atoms with Crippen molar-refractivity contribution >= 4 is 15.9 Å². The third-order valence-electron chi connectivity index (χ3n) is 2.34. The van der Waals surface area contributed by atoms with Crippen molar-refractivity contribution in [3.63, 3.8) is 0 Å². The van der Waals surface area contributed by atoms with E-state index in [1.165, 1.54) is 12.1 Å². The summed E-state index contributed by atoms with van der Waals surface area (Å²) in [6, 6.07) is 16.2. The number of rotatable bonds is 1. The van der Waals surface area contributed by atoms with Gasteiger partial charge in [-0.2, -0.15) is 18.4 Å². The summed E-state index contributed by atoms with van der Waals surface area (Å²) in [5.41, 5.74) is 0.947. The van der Waals surface area contributed by atoms with Gasteiger partial charge in [0.2, 0.25) is 0 Å². The van der Waals surface area contributed by atoms with E-state index in [-0.39, 0.29) is 0 Å². The van der Waals surface area contributed by atoms with Crippen molar-refractivity contribution in [2.45, 2.75) is 11.5 Å². The van der Waals surface area contributed by atoms with Gasteiger partial charge in [-0.1, -0.05) is 46.3 Å². The lowest BCUT2D eigenvalue weighted by Gasteiger charge is -2.05. The molecule has 2 aromatic rings. The minimum absolute atomic E-state index is 0.575. The van der Waals surface area contributed by atoms with Crippen LogP contribution >= 0.6 is 15.9 Å². The van der Waals surface area contributed by atoms with Crippen LogP contribution in [-0.2, 0) is 11.5 Å². The van der Waals surface area contributed by atoms with E-state index in [0.29, 0.717) is 10.9 Å². The highest BCUT2D eigenvalue weighted by molar-refractivity contribution is 9.08. The first-order valence-corrected chi connectivity index (χ1v) is 6.76. The second kappa shape index (κ2) is 7.71. The van der Waals surface area contributed by atoms with Crippen molar-refractivity contribution in [1.29, 1.82) is 5.26 Å². The molecule has 104 valence electrons. The zero-order valence-corrected chi connectivity index (χ0v) is 11.9. The molecule has 0 saturated carbocycles. The van der Waals surface area contributed by atoms with Gasteiger partial charge in [0.15, 0.2) is 0 Å². The van der Waals surface area contributed by atoms with Gasteiger partial charge in [0.25, 0.3) is 0 Å². The van der Waals surface area contributed by atoms with Crippen LogP contribution in [0.5, 0.6) is 0 Å². The molecule has 0 aliphatic carbocycles. The summed E-state index contributed by atoms with van der Waals surface area (Å²) in [7, 11) is 0. The molecule has 0 fully saturated rings. The number of nitrogens with zero attached hydrogens (tertiary/aromatic N) is 1. The van der Waals surface area contributed by atoms with Crippen LogP contribution in [-0.4, -0.2) is 0 Å². The molecule has 20 heavy (non-hydrogen) atoms. The Morgan fingerprint density at radius 3 is 1.85 bits per heavy atom. The molecule has 0 aromatic heterocycles. The van der Waals surface area contributed by atoms with E-state index in [0.717, 1.165) is 17.7 Å². The number of hydrogen-bond donors (Lipinski definition) is 0. The van der Waals surface area contributed by atoms with Gasteiger partial charge in [0, 0.05) is 5.33 Å². The summed E-state index contributed by atoms with van der Waals surface area (Å²) in [4.78, 5) is 0. The van der Waals surface area contributed by atoms with Gasteiger partial charge >= 0.3 is 6.18 Å². The molecule has 0 saturated heterocycles. The van der Waals surface area contributed by atoms with Gasteiger partial charge in [0.05, 0.1) is 17.2 Å². The number of benzene rings is 2. The van der Waals surface area contributed by atoms with Crippen molar-refractivity contribution < 1.29 is 13.2 Å². The topological polar surface area (TPSA) is 23.8 Å². The molecule has 0 heterocycles. The molecule has 5 heteroatoms. The fourth-order valence-corrected chi connectivity index (χ4v) is 1.67. The number of hydrogen-bond acceptors (Lipinski definition) is 1. The lowest BCUT2D eigenvalue weighted by Crippen LogP contribution is -2.04. The molecule has 0 aliphatic rings. The normalized spacial score (nSPS) is 10.2. The molecule has 0 radical (unpaired) electrons. The zero-order valence-electron chi connectivity index (χ0n) is 10.4. The molecule has 0 bridgehead atoms. The first kappa shape index (κ1) is 16.3. The summed E-state index contributed by atoms with van der Waals surface area (Å²) in [6.45, 7) is 0. The maximum Gasteiger partial charge on any atom is 0.416 e. The smallest absolute Gasteiger partial charge is 0.192 e. The predicted molar refractivity (Wildman–Crippen MR) is 75.2 cm³/mol. The SMILES string of the molecule is FC(F)(F)c1ccc(CBr)cc1.N#Cc1ccccc1. The fraction of sp³-hybridized carbons (Fsp3) is 0.133. The first-order chi connectivity index (χ1) is 9.47. The molecule has 2 rings (SSSR count). The fourth-order valence-electron chi connectivity index (χ4n) is 1.30. The van der Waals surface area contributed by atoms with Crippen molar-refractivity contribution in [3.05, 3.63) is 71.3 Å². The molecule has 0 aliphatic heterocycles. The van der Waals surface area contributed by atoms with E-state index in [1.54, 1.807) is 12.1 Å². The Balaban J connectivity index is 0.000000217. The van der Waals surface area contributed by atoms with Crippen LogP contribution in [0.1, 0.15) is 16.7 Å². The van der Waals surface area contributed by atoms with Crippen LogP contribution in [0.2, 0.25) is 0 Å². The van der Waals surface area contributed by atoms with Crippen molar-refractivity contribution in [2.24, 2.45) is 0 Å². The van der Waals surface area contributed by atoms with Crippen LogP contribution in [0.3, 0.4) is 0 Å². The summed E-state index contributed by atoms with van der Waals surface area (Å²) in [5, 5.41) is 8.86. The highest BCUT2D eigenvalue weighted by Crippen LogP contribution is 2.29.